The average Bonchev–Trinajstić information content (AvgIpc) is 2.76. The first kappa shape index (κ1) is 12.5. The van der Waals surface area contributed by atoms with Gasteiger partial charge in [-0.25, -0.2) is 0 Å². The van der Waals surface area contributed by atoms with Crippen molar-refractivity contribution in [3.05, 3.63) is 29.6 Å². The molecule has 2 atom stereocenters. The van der Waals surface area contributed by atoms with Crippen molar-refractivity contribution in [1.29, 1.82) is 0 Å². The number of ether oxygens (including phenoxy) is 1. The van der Waals surface area contributed by atoms with Crippen LogP contribution >= 0.6 is 0 Å². The van der Waals surface area contributed by atoms with Gasteiger partial charge in [0.2, 0.25) is 0 Å². The lowest BCUT2D eigenvalue weighted by Crippen LogP contribution is -2.36. The second-order valence-electron chi connectivity index (χ2n) is 4.67. The summed E-state index contributed by atoms with van der Waals surface area (Å²) >= 11 is 0. The minimum Gasteiger partial charge on any atom is -0.377 e. The molecule has 0 saturated carbocycles. The zero-order valence-electron chi connectivity index (χ0n) is 10.6. The summed E-state index contributed by atoms with van der Waals surface area (Å²) in [5.74, 6) is 0. The van der Waals surface area contributed by atoms with Crippen LogP contribution in [0.2, 0.25) is 0 Å². The quantitative estimate of drug-likeness (QED) is 0.850. The van der Waals surface area contributed by atoms with E-state index in [1.165, 1.54) is 0 Å². The number of hydrogen-bond donors (Lipinski definition) is 1. The maximum Gasteiger partial charge on any atom is 0.0703 e. The van der Waals surface area contributed by atoms with E-state index < -0.39 is 0 Å². The largest absolute Gasteiger partial charge is 0.377 e. The minimum atomic E-state index is 0.317. The highest BCUT2D eigenvalue weighted by molar-refractivity contribution is 5.11. The van der Waals surface area contributed by atoms with Gasteiger partial charge in [-0.05, 0) is 32.5 Å². The summed E-state index contributed by atoms with van der Waals surface area (Å²) in [5, 5.41) is 0. The zero-order valence-corrected chi connectivity index (χ0v) is 10.6. The van der Waals surface area contributed by atoms with Crippen molar-refractivity contribution in [2.24, 2.45) is 5.73 Å². The Hall–Kier alpha value is -0.970. The van der Waals surface area contributed by atoms with Crippen molar-refractivity contribution in [2.75, 3.05) is 13.7 Å². The lowest BCUT2D eigenvalue weighted by Gasteiger charge is -2.26. The van der Waals surface area contributed by atoms with Crippen LogP contribution in [-0.2, 0) is 17.8 Å². The van der Waals surface area contributed by atoms with Gasteiger partial charge in [0.05, 0.1) is 17.5 Å². The van der Waals surface area contributed by atoms with Gasteiger partial charge in [0.1, 0.15) is 0 Å². The fraction of sp³-hybridized carbons (Fsp3) is 0.615. The summed E-state index contributed by atoms with van der Waals surface area (Å²) in [7, 11) is 2.13. The standard InChI is InChI=1S/C13H21N3O/c1-10-13(6-7-17-10)16(2)9-12-5-3-4-11(8-14)15-12/h3-5,10,13H,6-9,14H2,1-2H3. The molecular formula is C13H21N3O. The zero-order chi connectivity index (χ0) is 12.3. The number of nitrogens with two attached hydrogens (primary N) is 1. The van der Waals surface area contributed by atoms with E-state index in [-0.39, 0.29) is 0 Å². The molecule has 94 valence electrons. The van der Waals surface area contributed by atoms with Crippen molar-refractivity contribution in [3.63, 3.8) is 0 Å². The second kappa shape index (κ2) is 5.58. The van der Waals surface area contributed by atoms with E-state index in [0.717, 1.165) is 31.0 Å². The van der Waals surface area contributed by atoms with Crippen LogP contribution in [0.4, 0.5) is 0 Å². The Morgan fingerprint density at radius 3 is 2.88 bits per heavy atom. The SMILES string of the molecule is CC1OCCC1N(C)Cc1cccc(CN)n1. The van der Waals surface area contributed by atoms with Gasteiger partial charge in [0.15, 0.2) is 0 Å². The van der Waals surface area contributed by atoms with E-state index in [1.54, 1.807) is 0 Å². The summed E-state index contributed by atoms with van der Waals surface area (Å²) in [4.78, 5) is 6.84. The van der Waals surface area contributed by atoms with Crippen molar-refractivity contribution in [1.82, 2.24) is 9.88 Å². The number of aromatic nitrogens is 1. The van der Waals surface area contributed by atoms with E-state index >= 15 is 0 Å². The Kier molecular flexibility index (Phi) is 4.10. The molecule has 2 N–H and O–H groups in total. The van der Waals surface area contributed by atoms with Crippen LogP contribution in [0, 0.1) is 0 Å². The molecule has 0 spiro atoms. The van der Waals surface area contributed by atoms with Gasteiger partial charge in [-0.3, -0.25) is 9.88 Å². The van der Waals surface area contributed by atoms with E-state index in [9.17, 15) is 0 Å². The number of pyridine rings is 1. The molecule has 1 fully saturated rings. The third kappa shape index (κ3) is 3.03. The summed E-state index contributed by atoms with van der Waals surface area (Å²) in [6, 6.07) is 6.53. The Morgan fingerprint density at radius 2 is 2.24 bits per heavy atom. The van der Waals surface area contributed by atoms with Crippen molar-refractivity contribution >= 4 is 0 Å². The predicted molar refractivity (Wildman–Crippen MR) is 67.4 cm³/mol. The molecule has 0 aromatic carbocycles. The normalized spacial score (nSPS) is 24.5. The smallest absolute Gasteiger partial charge is 0.0703 e. The lowest BCUT2D eigenvalue weighted by molar-refractivity contribution is 0.0810. The Bertz CT molecular complexity index is 369. The highest BCUT2D eigenvalue weighted by Gasteiger charge is 2.27. The van der Waals surface area contributed by atoms with Crippen LogP contribution in [0.25, 0.3) is 0 Å². The molecule has 0 aliphatic carbocycles. The molecule has 0 radical (unpaired) electrons. The summed E-state index contributed by atoms with van der Waals surface area (Å²) in [6.07, 6.45) is 1.42. The highest BCUT2D eigenvalue weighted by Crippen LogP contribution is 2.19. The predicted octanol–water partition coefficient (Wildman–Crippen LogP) is 1.15. The molecule has 1 aliphatic heterocycles. The van der Waals surface area contributed by atoms with E-state index in [2.05, 4.69) is 29.9 Å². The topological polar surface area (TPSA) is 51.4 Å². The molecule has 1 aromatic rings. The first-order chi connectivity index (χ1) is 8.20. The van der Waals surface area contributed by atoms with Gasteiger partial charge in [0.25, 0.3) is 0 Å². The summed E-state index contributed by atoms with van der Waals surface area (Å²) in [6.45, 7) is 4.36. The van der Waals surface area contributed by atoms with Gasteiger partial charge >= 0.3 is 0 Å². The Balaban J connectivity index is 1.99. The molecule has 2 unspecified atom stereocenters. The van der Waals surface area contributed by atoms with E-state index in [0.29, 0.717) is 18.7 Å². The number of rotatable bonds is 4. The number of nitrogens with zero attached hydrogens (tertiary/aromatic N) is 2. The van der Waals surface area contributed by atoms with Crippen LogP contribution in [-0.4, -0.2) is 35.7 Å². The molecule has 1 aromatic heterocycles. The highest BCUT2D eigenvalue weighted by atomic mass is 16.5. The monoisotopic (exact) mass is 235 g/mol. The first-order valence-electron chi connectivity index (χ1n) is 6.17. The Labute approximate surface area is 103 Å². The number of likely N-dealkylation sites (N-methyl/N-ethyl adjacent to an activating group) is 1. The molecular weight excluding hydrogens is 214 g/mol. The van der Waals surface area contributed by atoms with Gasteiger partial charge < -0.3 is 10.5 Å². The van der Waals surface area contributed by atoms with Gasteiger partial charge in [-0.1, -0.05) is 6.07 Å². The van der Waals surface area contributed by atoms with Crippen LogP contribution in [0.5, 0.6) is 0 Å². The van der Waals surface area contributed by atoms with Crippen molar-refractivity contribution in [2.45, 2.75) is 38.6 Å². The molecule has 1 aliphatic rings. The van der Waals surface area contributed by atoms with Gasteiger partial charge in [-0.2, -0.15) is 0 Å². The molecule has 0 bridgehead atoms. The van der Waals surface area contributed by atoms with Crippen molar-refractivity contribution < 1.29 is 4.74 Å². The van der Waals surface area contributed by atoms with E-state index in [1.807, 2.05) is 12.1 Å². The molecule has 1 saturated heterocycles. The van der Waals surface area contributed by atoms with Crippen LogP contribution in [0.15, 0.2) is 18.2 Å². The van der Waals surface area contributed by atoms with Crippen molar-refractivity contribution in [3.8, 4) is 0 Å². The summed E-state index contributed by atoms with van der Waals surface area (Å²) < 4.78 is 5.59. The summed E-state index contributed by atoms with van der Waals surface area (Å²) in [5.41, 5.74) is 7.63. The second-order valence-corrected chi connectivity index (χ2v) is 4.67. The van der Waals surface area contributed by atoms with Crippen LogP contribution in [0.3, 0.4) is 0 Å². The lowest BCUT2D eigenvalue weighted by atomic mass is 10.1. The number of hydrogen-bond acceptors (Lipinski definition) is 4. The molecule has 4 nitrogen and oxygen atoms in total. The Morgan fingerprint density at radius 1 is 1.47 bits per heavy atom. The molecule has 0 amide bonds. The maximum atomic E-state index is 5.60. The average molecular weight is 235 g/mol. The van der Waals surface area contributed by atoms with Gasteiger partial charge in [-0.15, -0.1) is 0 Å². The maximum absolute atomic E-state index is 5.60. The van der Waals surface area contributed by atoms with E-state index in [4.69, 9.17) is 10.5 Å². The van der Waals surface area contributed by atoms with Crippen LogP contribution in [0.1, 0.15) is 24.7 Å². The fourth-order valence-corrected chi connectivity index (χ4v) is 2.40. The minimum absolute atomic E-state index is 0.317. The molecule has 4 heteroatoms. The van der Waals surface area contributed by atoms with Gasteiger partial charge in [0, 0.05) is 25.7 Å². The third-order valence-electron chi connectivity index (χ3n) is 3.39. The first-order valence-corrected chi connectivity index (χ1v) is 6.17. The fourth-order valence-electron chi connectivity index (χ4n) is 2.40. The molecule has 17 heavy (non-hydrogen) atoms. The third-order valence-corrected chi connectivity index (χ3v) is 3.39. The molecule has 2 rings (SSSR count). The van der Waals surface area contributed by atoms with Crippen LogP contribution < -0.4 is 5.73 Å². The molecule has 2 heterocycles.